The summed E-state index contributed by atoms with van der Waals surface area (Å²) >= 11 is 1.54. The highest BCUT2D eigenvalue weighted by atomic mass is 32.2. The van der Waals surface area contributed by atoms with E-state index < -0.39 is 4.92 Å². The number of aliphatic hydroxyl groups excluding tert-OH is 1. The van der Waals surface area contributed by atoms with Gasteiger partial charge in [0.15, 0.2) is 0 Å². The third kappa shape index (κ3) is 3.18. The van der Waals surface area contributed by atoms with Crippen LogP contribution in [0.1, 0.15) is 16.7 Å². The van der Waals surface area contributed by atoms with Crippen LogP contribution in [0.3, 0.4) is 0 Å². The first-order valence-electron chi connectivity index (χ1n) is 6.14. The van der Waals surface area contributed by atoms with E-state index in [9.17, 15) is 15.2 Å². The average molecular weight is 289 g/mol. The summed E-state index contributed by atoms with van der Waals surface area (Å²) < 4.78 is 0. The standard InChI is InChI=1S/C15H15NO3S/c1-10-3-4-11(2)15(7-10)20-13-5-6-14(16(18)19)12(8-13)9-17/h3-8,17H,9H2,1-2H3. The van der Waals surface area contributed by atoms with E-state index in [1.165, 1.54) is 11.6 Å². The maximum Gasteiger partial charge on any atom is 0.274 e. The number of rotatable bonds is 4. The molecule has 0 aliphatic rings. The average Bonchev–Trinajstić information content (AvgIpc) is 2.42. The van der Waals surface area contributed by atoms with Gasteiger partial charge >= 0.3 is 0 Å². The van der Waals surface area contributed by atoms with E-state index >= 15 is 0 Å². The van der Waals surface area contributed by atoms with Crippen LogP contribution in [0, 0.1) is 24.0 Å². The minimum Gasteiger partial charge on any atom is -0.391 e. The monoisotopic (exact) mass is 289 g/mol. The molecular formula is C15H15NO3S. The van der Waals surface area contributed by atoms with Gasteiger partial charge in [-0.05, 0) is 43.2 Å². The van der Waals surface area contributed by atoms with Crippen LogP contribution in [0.25, 0.3) is 0 Å². The van der Waals surface area contributed by atoms with Crippen LogP contribution in [-0.4, -0.2) is 10.0 Å². The Bertz CT molecular complexity index is 656. The Kier molecular flexibility index (Phi) is 4.42. The molecule has 5 heteroatoms. The Morgan fingerprint density at radius 2 is 1.95 bits per heavy atom. The number of nitrogens with zero attached hydrogens (tertiary/aromatic N) is 1. The predicted molar refractivity (Wildman–Crippen MR) is 79.1 cm³/mol. The lowest BCUT2D eigenvalue weighted by molar-refractivity contribution is -0.385. The van der Waals surface area contributed by atoms with Gasteiger partial charge in [-0.2, -0.15) is 0 Å². The van der Waals surface area contributed by atoms with Crippen molar-refractivity contribution in [2.75, 3.05) is 0 Å². The molecule has 0 saturated heterocycles. The third-order valence-corrected chi connectivity index (χ3v) is 4.14. The van der Waals surface area contributed by atoms with Gasteiger partial charge in [0, 0.05) is 15.9 Å². The second kappa shape index (κ2) is 6.07. The maximum atomic E-state index is 10.8. The zero-order valence-corrected chi connectivity index (χ0v) is 12.1. The molecule has 0 radical (unpaired) electrons. The molecule has 0 aromatic heterocycles. The van der Waals surface area contributed by atoms with Crippen LogP contribution in [-0.2, 0) is 6.61 Å². The number of benzene rings is 2. The molecule has 0 heterocycles. The summed E-state index contributed by atoms with van der Waals surface area (Å²) in [5, 5.41) is 20.1. The van der Waals surface area contributed by atoms with Gasteiger partial charge in [0.05, 0.1) is 17.1 Å². The molecule has 2 aromatic carbocycles. The van der Waals surface area contributed by atoms with Gasteiger partial charge in [0.2, 0.25) is 0 Å². The van der Waals surface area contributed by atoms with Crippen LogP contribution in [0.5, 0.6) is 0 Å². The van der Waals surface area contributed by atoms with E-state index in [0.29, 0.717) is 5.56 Å². The molecule has 0 atom stereocenters. The van der Waals surface area contributed by atoms with Gasteiger partial charge in [0.25, 0.3) is 5.69 Å². The van der Waals surface area contributed by atoms with Gasteiger partial charge < -0.3 is 5.11 Å². The molecule has 0 aliphatic heterocycles. The summed E-state index contributed by atoms with van der Waals surface area (Å²) in [5.41, 5.74) is 2.62. The first-order valence-corrected chi connectivity index (χ1v) is 6.96. The Balaban J connectivity index is 2.34. The van der Waals surface area contributed by atoms with Crippen molar-refractivity contribution in [3.63, 3.8) is 0 Å². The molecule has 104 valence electrons. The van der Waals surface area contributed by atoms with Crippen LogP contribution in [0.15, 0.2) is 46.2 Å². The quantitative estimate of drug-likeness (QED) is 0.686. The largest absolute Gasteiger partial charge is 0.391 e. The number of nitro groups is 1. The zero-order chi connectivity index (χ0) is 14.7. The fraction of sp³-hybridized carbons (Fsp3) is 0.200. The van der Waals surface area contributed by atoms with Gasteiger partial charge in [0.1, 0.15) is 0 Å². The Labute approximate surface area is 121 Å². The molecule has 0 unspecified atom stereocenters. The van der Waals surface area contributed by atoms with Gasteiger partial charge in [-0.15, -0.1) is 0 Å². The number of aryl methyl sites for hydroxylation is 2. The van der Waals surface area contributed by atoms with Crippen molar-refractivity contribution in [3.8, 4) is 0 Å². The molecule has 4 nitrogen and oxygen atoms in total. The first kappa shape index (κ1) is 14.6. The topological polar surface area (TPSA) is 63.4 Å². The fourth-order valence-corrected chi connectivity index (χ4v) is 2.94. The second-order valence-electron chi connectivity index (χ2n) is 4.58. The van der Waals surface area contributed by atoms with Crippen molar-refractivity contribution in [3.05, 3.63) is 63.2 Å². The van der Waals surface area contributed by atoms with Gasteiger partial charge in [-0.1, -0.05) is 23.9 Å². The van der Waals surface area contributed by atoms with Crippen molar-refractivity contribution in [2.24, 2.45) is 0 Å². The molecule has 0 aliphatic carbocycles. The van der Waals surface area contributed by atoms with Crippen molar-refractivity contribution < 1.29 is 10.0 Å². The molecule has 1 N–H and O–H groups in total. The second-order valence-corrected chi connectivity index (χ2v) is 5.69. The minimum absolute atomic E-state index is 0.0437. The molecule has 0 fully saturated rings. The fourth-order valence-electron chi connectivity index (χ4n) is 1.87. The lowest BCUT2D eigenvalue weighted by Gasteiger charge is -2.08. The summed E-state index contributed by atoms with van der Waals surface area (Å²) in [6.07, 6.45) is 0. The molecular weight excluding hydrogens is 274 g/mol. The maximum absolute atomic E-state index is 10.8. The molecule has 0 spiro atoms. The van der Waals surface area contributed by atoms with Gasteiger partial charge in [-0.3, -0.25) is 10.1 Å². The van der Waals surface area contributed by atoms with Crippen LogP contribution in [0.2, 0.25) is 0 Å². The number of nitro benzene ring substituents is 1. The van der Waals surface area contributed by atoms with E-state index in [0.717, 1.165) is 15.4 Å². The van der Waals surface area contributed by atoms with E-state index in [2.05, 4.69) is 12.1 Å². The summed E-state index contributed by atoms with van der Waals surface area (Å²) in [4.78, 5) is 12.4. The summed E-state index contributed by atoms with van der Waals surface area (Å²) in [6, 6.07) is 11.0. The van der Waals surface area contributed by atoms with E-state index in [1.807, 2.05) is 19.9 Å². The Morgan fingerprint density at radius 3 is 2.60 bits per heavy atom. The Hall–Kier alpha value is -1.85. The lowest BCUT2D eigenvalue weighted by atomic mass is 10.2. The van der Waals surface area contributed by atoms with Crippen molar-refractivity contribution in [2.45, 2.75) is 30.2 Å². The number of hydrogen-bond donors (Lipinski definition) is 1. The van der Waals surface area contributed by atoms with Crippen molar-refractivity contribution >= 4 is 17.4 Å². The summed E-state index contributed by atoms with van der Waals surface area (Å²) in [5.74, 6) is 0. The van der Waals surface area contributed by atoms with Crippen LogP contribution < -0.4 is 0 Å². The van der Waals surface area contributed by atoms with Crippen molar-refractivity contribution in [1.82, 2.24) is 0 Å². The molecule has 0 saturated carbocycles. The highest BCUT2D eigenvalue weighted by Crippen LogP contribution is 2.33. The smallest absolute Gasteiger partial charge is 0.274 e. The Morgan fingerprint density at radius 1 is 1.20 bits per heavy atom. The highest BCUT2D eigenvalue weighted by Gasteiger charge is 2.14. The van der Waals surface area contributed by atoms with Crippen LogP contribution >= 0.6 is 11.8 Å². The SMILES string of the molecule is Cc1ccc(C)c(Sc2ccc([N+](=O)[O-])c(CO)c2)c1. The minimum atomic E-state index is -0.474. The highest BCUT2D eigenvalue weighted by molar-refractivity contribution is 7.99. The van der Waals surface area contributed by atoms with Crippen molar-refractivity contribution in [1.29, 1.82) is 0 Å². The first-order chi connectivity index (χ1) is 9.51. The molecule has 2 aromatic rings. The summed E-state index contributed by atoms with van der Waals surface area (Å²) in [6.45, 7) is 3.72. The molecule has 0 bridgehead atoms. The summed E-state index contributed by atoms with van der Waals surface area (Å²) in [7, 11) is 0. The molecule has 20 heavy (non-hydrogen) atoms. The van der Waals surface area contributed by atoms with E-state index in [1.54, 1.807) is 23.9 Å². The molecule has 2 rings (SSSR count). The number of aliphatic hydroxyl groups is 1. The molecule has 0 amide bonds. The number of hydrogen-bond acceptors (Lipinski definition) is 4. The lowest BCUT2D eigenvalue weighted by Crippen LogP contribution is -1.95. The third-order valence-electron chi connectivity index (χ3n) is 2.99. The van der Waals surface area contributed by atoms with Gasteiger partial charge in [-0.25, -0.2) is 0 Å². The normalized spacial score (nSPS) is 10.6. The van der Waals surface area contributed by atoms with Crippen LogP contribution in [0.4, 0.5) is 5.69 Å². The van der Waals surface area contributed by atoms with E-state index in [-0.39, 0.29) is 12.3 Å². The van der Waals surface area contributed by atoms with E-state index in [4.69, 9.17) is 0 Å². The zero-order valence-electron chi connectivity index (χ0n) is 11.3. The predicted octanol–water partition coefficient (Wildman–Crippen LogP) is 3.86.